The second kappa shape index (κ2) is 7.69. The second-order valence-electron chi connectivity index (χ2n) is 10.6. The van der Waals surface area contributed by atoms with E-state index >= 15 is 4.39 Å². The quantitative estimate of drug-likeness (QED) is 0.660. The van der Waals surface area contributed by atoms with Gasteiger partial charge in [-0.15, -0.1) is 0 Å². The molecule has 2 atom stereocenters. The van der Waals surface area contributed by atoms with E-state index in [0.717, 1.165) is 10.9 Å². The number of rotatable bonds is 2. The third-order valence-electron chi connectivity index (χ3n) is 6.49. The van der Waals surface area contributed by atoms with Gasteiger partial charge < -0.3 is 18.9 Å². The molecule has 0 unspecified atom stereocenters. The van der Waals surface area contributed by atoms with Crippen LogP contribution in [0.1, 0.15) is 60.9 Å². The molecule has 2 aliphatic rings. The molecule has 2 aromatic heterocycles. The molecular weight excluding hydrogens is 414 g/mol. The highest BCUT2D eigenvalue weighted by molar-refractivity contribution is 6.64. The fourth-order valence-electron chi connectivity index (χ4n) is 4.05. The van der Waals surface area contributed by atoms with Crippen molar-refractivity contribution in [2.45, 2.75) is 83.9 Å². The highest BCUT2D eigenvalue weighted by Crippen LogP contribution is 2.37. The van der Waals surface area contributed by atoms with Crippen molar-refractivity contribution in [2.24, 2.45) is 0 Å². The maximum absolute atomic E-state index is 15.3. The molecule has 0 aliphatic carbocycles. The zero-order valence-corrected chi connectivity index (χ0v) is 19.9. The van der Waals surface area contributed by atoms with Gasteiger partial charge in [-0.3, -0.25) is 9.67 Å². The number of pyridine rings is 1. The Hall–Kier alpha value is -2.20. The second-order valence-corrected chi connectivity index (χ2v) is 10.6. The molecule has 0 bridgehead atoms. The summed E-state index contributed by atoms with van der Waals surface area (Å²) in [7, 11) is -0.661. The van der Waals surface area contributed by atoms with Gasteiger partial charge in [0.05, 0.1) is 35.5 Å². The number of nitrogens with zero attached hydrogens (tertiary/aromatic N) is 4. The molecule has 4 heterocycles. The van der Waals surface area contributed by atoms with Gasteiger partial charge in [0.25, 0.3) is 0 Å². The fourth-order valence-corrected chi connectivity index (χ4v) is 4.05. The summed E-state index contributed by atoms with van der Waals surface area (Å²) in [6, 6.07) is 1.32. The molecule has 0 spiro atoms. The van der Waals surface area contributed by atoms with E-state index in [2.05, 4.69) is 4.98 Å². The zero-order valence-electron chi connectivity index (χ0n) is 19.9. The molecule has 2 saturated heterocycles. The highest BCUT2D eigenvalue weighted by Gasteiger charge is 2.53. The van der Waals surface area contributed by atoms with Gasteiger partial charge in [-0.2, -0.15) is 5.10 Å². The van der Waals surface area contributed by atoms with Gasteiger partial charge in [-0.1, -0.05) is 0 Å². The lowest BCUT2D eigenvalue weighted by Crippen LogP contribution is -2.47. The van der Waals surface area contributed by atoms with Crippen LogP contribution in [0.2, 0.25) is 0 Å². The van der Waals surface area contributed by atoms with E-state index in [1.54, 1.807) is 37.8 Å². The van der Waals surface area contributed by atoms with E-state index < -0.39 is 42.2 Å². The normalized spacial score (nSPS) is 25.4. The molecule has 4 rings (SSSR count). The Balaban J connectivity index is 1.61. The van der Waals surface area contributed by atoms with Crippen LogP contribution < -0.4 is 5.59 Å². The smallest absolute Gasteiger partial charge is 0.444 e. The number of halogens is 1. The SMILES string of the molecule is CC(C)(C)OC(=O)N1CC[C@H](n2nc(B3OC(C)(C)C(C)(C)O3)c3ccncc32)[C@H](F)C1. The molecule has 2 aliphatic heterocycles. The van der Waals surface area contributed by atoms with Crippen molar-refractivity contribution < 1.29 is 23.2 Å². The minimum Gasteiger partial charge on any atom is -0.444 e. The van der Waals surface area contributed by atoms with Gasteiger partial charge >= 0.3 is 13.2 Å². The minimum absolute atomic E-state index is 0.0486. The molecular formula is C22H32BFN4O4. The first-order chi connectivity index (χ1) is 14.8. The van der Waals surface area contributed by atoms with Crippen molar-refractivity contribution in [2.75, 3.05) is 13.1 Å². The van der Waals surface area contributed by atoms with Crippen LogP contribution in [0.3, 0.4) is 0 Å². The number of piperidine rings is 1. The highest BCUT2D eigenvalue weighted by atomic mass is 19.1. The molecule has 0 saturated carbocycles. The van der Waals surface area contributed by atoms with Crippen LogP contribution in [0, 0.1) is 0 Å². The minimum atomic E-state index is -1.30. The number of hydrogen-bond donors (Lipinski definition) is 0. The molecule has 2 aromatic rings. The summed E-state index contributed by atoms with van der Waals surface area (Å²) in [6.07, 6.45) is 1.98. The summed E-state index contributed by atoms with van der Waals surface area (Å²) < 4.78 is 34.8. The van der Waals surface area contributed by atoms with Crippen LogP contribution in [0.25, 0.3) is 10.9 Å². The number of aromatic nitrogens is 3. The first kappa shape index (κ1) is 23.0. The lowest BCUT2D eigenvalue weighted by atomic mass is 9.83. The van der Waals surface area contributed by atoms with E-state index in [-0.39, 0.29) is 6.54 Å². The van der Waals surface area contributed by atoms with Gasteiger partial charge in [0.15, 0.2) is 0 Å². The first-order valence-electron chi connectivity index (χ1n) is 11.1. The van der Waals surface area contributed by atoms with Gasteiger partial charge in [0, 0.05) is 18.1 Å². The Kier molecular flexibility index (Phi) is 5.52. The van der Waals surface area contributed by atoms with E-state index in [1.165, 1.54) is 4.90 Å². The van der Waals surface area contributed by atoms with Crippen molar-refractivity contribution in [3.8, 4) is 0 Å². The average molecular weight is 446 g/mol. The summed E-state index contributed by atoms with van der Waals surface area (Å²) >= 11 is 0. The van der Waals surface area contributed by atoms with Crippen molar-refractivity contribution in [3.05, 3.63) is 18.5 Å². The first-order valence-corrected chi connectivity index (χ1v) is 11.1. The standard InChI is InChI=1S/C22H32BFN4O4/c1-20(2,3)30-19(29)27-11-9-16(15(24)13-27)28-17-12-25-10-8-14(17)18(26-28)23-31-21(4,5)22(6,7)32-23/h8,10,12,15-16H,9,11,13H2,1-7H3/t15-,16+/m1/s1. The van der Waals surface area contributed by atoms with Gasteiger partial charge in [-0.05, 0) is 61.0 Å². The van der Waals surface area contributed by atoms with Crippen molar-refractivity contribution in [1.29, 1.82) is 0 Å². The monoisotopic (exact) mass is 446 g/mol. The molecule has 2 fully saturated rings. The third-order valence-corrected chi connectivity index (χ3v) is 6.49. The molecule has 32 heavy (non-hydrogen) atoms. The molecule has 0 N–H and O–H groups in total. The van der Waals surface area contributed by atoms with Gasteiger partial charge in [0.2, 0.25) is 0 Å². The summed E-state index contributed by atoms with van der Waals surface area (Å²) in [5.74, 6) is 0. The Morgan fingerprint density at radius 3 is 2.50 bits per heavy atom. The fraction of sp³-hybridized carbons (Fsp3) is 0.682. The molecule has 1 amide bonds. The number of likely N-dealkylation sites (tertiary alicyclic amines) is 1. The van der Waals surface area contributed by atoms with Crippen LogP contribution >= 0.6 is 0 Å². The summed E-state index contributed by atoms with van der Waals surface area (Å²) in [6.45, 7) is 13.7. The average Bonchev–Trinajstić information content (AvgIpc) is 3.14. The van der Waals surface area contributed by atoms with Crippen LogP contribution in [0.5, 0.6) is 0 Å². The summed E-state index contributed by atoms with van der Waals surface area (Å²) in [4.78, 5) is 18.0. The number of alkyl halides is 1. The number of ether oxygens (including phenoxy) is 1. The van der Waals surface area contributed by atoms with Crippen LogP contribution in [-0.2, 0) is 14.0 Å². The van der Waals surface area contributed by atoms with Crippen LogP contribution in [0.15, 0.2) is 18.5 Å². The Morgan fingerprint density at radius 2 is 1.91 bits per heavy atom. The van der Waals surface area contributed by atoms with Gasteiger partial charge in [0.1, 0.15) is 17.4 Å². The number of carbonyl (C=O) groups excluding carboxylic acids is 1. The van der Waals surface area contributed by atoms with Crippen LogP contribution in [0.4, 0.5) is 9.18 Å². The van der Waals surface area contributed by atoms with Crippen molar-refractivity contribution in [3.63, 3.8) is 0 Å². The number of hydrogen-bond acceptors (Lipinski definition) is 6. The Bertz CT molecular complexity index is 1000. The maximum atomic E-state index is 15.3. The topological polar surface area (TPSA) is 78.7 Å². The molecule has 8 nitrogen and oxygen atoms in total. The molecule has 0 aromatic carbocycles. The predicted octanol–water partition coefficient (Wildman–Crippen LogP) is 3.25. The number of carbonyl (C=O) groups is 1. The largest absolute Gasteiger partial charge is 0.517 e. The lowest BCUT2D eigenvalue weighted by Gasteiger charge is -2.35. The van der Waals surface area contributed by atoms with E-state index in [9.17, 15) is 4.79 Å². The van der Waals surface area contributed by atoms with Crippen molar-refractivity contribution >= 4 is 29.7 Å². The lowest BCUT2D eigenvalue weighted by molar-refractivity contribution is 0.00578. The van der Waals surface area contributed by atoms with Gasteiger partial charge in [-0.25, -0.2) is 9.18 Å². The van der Waals surface area contributed by atoms with Crippen LogP contribution in [-0.4, -0.2) is 68.9 Å². The number of amides is 1. The molecule has 10 heteroatoms. The Labute approximate surface area is 188 Å². The summed E-state index contributed by atoms with van der Waals surface area (Å²) in [5, 5.41) is 5.58. The number of fused-ring (bicyclic) bond motifs is 1. The zero-order chi connectivity index (χ0) is 23.5. The maximum Gasteiger partial charge on any atom is 0.517 e. The third kappa shape index (κ3) is 4.10. The molecule has 174 valence electrons. The Morgan fingerprint density at radius 1 is 1.25 bits per heavy atom. The van der Waals surface area contributed by atoms with Crippen molar-refractivity contribution in [1.82, 2.24) is 19.7 Å². The summed E-state index contributed by atoms with van der Waals surface area (Å²) in [5.41, 5.74) is -0.315. The van der Waals surface area contributed by atoms with E-state index in [4.69, 9.17) is 19.1 Å². The van der Waals surface area contributed by atoms with E-state index in [0.29, 0.717) is 18.6 Å². The predicted molar refractivity (Wildman–Crippen MR) is 120 cm³/mol. The van der Waals surface area contributed by atoms with E-state index in [1.807, 2.05) is 33.8 Å². The molecule has 0 radical (unpaired) electrons.